The Balaban J connectivity index is 4.06. The largest absolute Gasteiger partial charge is 0.480 e. The van der Waals surface area contributed by atoms with E-state index < -0.39 is 23.6 Å². The van der Waals surface area contributed by atoms with E-state index in [1.54, 1.807) is 6.92 Å². The van der Waals surface area contributed by atoms with E-state index in [-0.39, 0.29) is 0 Å². The van der Waals surface area contributed by atoms with Gasteiger partial charge in [-0.2, -0.15) is 0 Å². The molecule has 2 amide bonds. The average Bonchev–Trinajstić information content (AvgIpc) is 2.22. The first-order valence-corrected chi connectivity index (χ1v) is 5.73. The normalized spacial score (nSPS) is 12.9. The summed E-state index contributed by atoms with van der Waals surface area (Å²) < 4.78 is 5.40. The molecule has 0 rings (SSSR count). The van der Waals surface area contributed by atoms with Gasteiger partial charge in [-0.05, 0) is 27.2 Å². The molecule has 0 radical (unpaired) electrons. The monoisotopic (exact) mass is 246 g/mol. The molecule has 6 heteroatoms. The smallest absolute Gasteiger partial charge is 0.326 e. The first kappa shape index (κ1) is 15.7. The molecule has 0 bridgehead atoms. The van der Waals surface area contributed by atoms with Crippen molar-refractivity contribution < 1.29 is 19.4 Å². The van der Waals surface area contributed by atoms with E-state index in [0.717, 1.165) is 0 Å². The number of nitrogens with one attached hydrogen (secondary N) is 2. The maximum atomic E-state index is 11.4. The fraction of sp³-hybridized carbons (Fsp3) is 0.818. The van der Waals surface area contributed by atoms with Crippen molar-refractivity contribution in [3.8, 4) is 0 Å². The molecule has 0 aliphatic carbocycles. The third kappa shape index (κ3) is 6.78. The summed E-state index contributed by atoms with van der Waals surface area (Å²) in [7, 11) is 0. The van der Waals surface area contributed by atoms with Crippen molar-refractivity contribution in [2.75, 3.05) is 13.2 Å². The van der Waals surface area contributed by atoms with Gasteiger partial charge in [0.1, 0.15) is 6.04 Å². The van der Waals surface area contributed by atoms with Crippen LogP contribution >= 0.6 is 0 Å². The SMILES string of the molecule is CCOC(C)(C)CNC(=O)NC(CC)C(=O)O. The van der Waals surface area contributed by atoms with Gasteiger partial charge in [-0.15, -0.1) is 0 Å². The summed E-state index contributed by atoms with van der Waals surface area (Å²) >= 11 is 0. The molecule has 3 N–H and O–H groups in total. The van der Waals surface area contributed by atoms with E-state index >= 15 is 0 Å². The summed E-state index contributed by atoms with van der Waals surface area (Å²) in [6.45, 7) is 8.16. The van der Waals surface area contributed by atoms with Crippen LogP contribution in [0.4, 0.5) is 4.79 Å². The molecule has 0 aromatic heterocycles. The van der Waals surface area contributed by atoms with E-state index in [1.165, 1.54) is 0 Å². The summed E-state index contributed by atoms with van der Waals surface area (Å²) in [6.07, 6.45) is 0.345. The van der Waals surface area contributed by atoms with E-state index in [2.05, 4.69) is 10.6 Å². The van der Waals surface area contributed by atoms with Gasteiger partial charge in [0.25, 0.3) is 0 Å². The van der Waals surface area contributed by atoms with E-state index in [4.69, 9.17) is 9.84 Å². The van der Waals surface area contributed by atoms with E-state index in [9.17, 15) is 9.59 Å². The minimum atomic E-state index is -1.04. The van der Waals surface area contributed by atoms with Crippen molar-refractivity contribution in [2.24, 2.45) is 0 Å². The molecular formula is C11H22N2O4. The number of hydrogen-bond acceptors (Lipinski definition) is 3. The Hall–Kier alpha value is -1.30. The predicted molar refractivity (Wildman–Crippen MR) is 64.0 cm³/mol. The van der Waals surface area contributed by atoms with Crippen LogP contribution in [0.15, 0.2) is 0 Å². The zero-order valence-corrected chi connectivity index (χ0v) is 10.9. The Kier molecular flexibility index (Phi) is 6.57. The van der Waals surface area contributed by atoms with Crippen molar-refractivity contribution in [2.45, 2.75) is 45.8 Å². The van der Waals surface area contributed by atoms with Crippen LogP contribution in [0.1, 0.15) is 34.1 Å². The molecular weight excluding hydrogens is 224 g/mol. The molecule has 0 aromatic carbocycles. The van der Waals surface area contributed by atoms with E-state index in [0.29, 0.717) is 19.6 Å². The molecule has 6 nitrogen and oxygen atoms in total. The number of ether oxygens (including phenoxy) is 1. The predicted octanol–water partition coefficient (Wildman–Crippen LogP) is 0.964. The number of aliphatic carboxylic acids is 1. The highest BCUT2D eigenvalue weighted by atomic mass is 16.5. The van der Waals surface area contributed by atoms with Gasteiger partial charge in [-0.25, -0.2) is 9.59 Å². The molecule has 0 saturated carbocycles. The lowest BCUT2D eigenvalue weighted by Crippen LogP contribution is -2.49. The highest BCUT2D eigenvalue weighted by Gasteiger charge is 2.21. The zero-order valence-electron chi connectivity index (χ0n) is 10.9. The molecule has 0 aliphatic heterocycles. The number of urea groups is 1. The fourth-order valence-electron chi connectivity index (χ4n) is 1.28. The lowest BCUT2D eigenvalue weighted by Gasteiger charge is -2.25. The van der Waals surface area contributed by atoms with Gasteiger partial charge in [-0.1, -0.05) is 6.92 Å². The maximum Gasteiger partial charge on any atom is 0.326 e. The molecule has 1 atom stereocenters. The second-order valence-corrected chi connectivity index (χ2v) is 4.32. The number of carbonyl (C=O) groups excluding carboxylic acids is 1. The number of hydrogen-bond donors (Lipinski definition) is 3. The number of amides is 2. The summed E-state index contributed by atoms with van der Waals surface area (Å²) in [5.41, 5.74) is -0.461. The Morgan fingerprint density at radius 1 is 1.35 bits per heavy atom. The van der Waals surface area contributed by atoms with Gasteiger partial charge >= 0.3 is 12.0 Å². The quantitative estimate of drug-likeness (QED) is 0.624. The average molecular weight is 246 g/mol. The third-order valence-electron chi connectivity index (χ3n) is 2.22. The van der Waals surface area contributed by atoms with Gasteiger partial charge < -0.3 is 20.5 Å². The molecule has 1 unspecified atom stereocenters. The fourth-order valence-corrected chi connectivity index (χ4v) is 1.28. The van der Waals surface area contributed by atoms with Gasteiger partial charge in [0.15, 0.2) is 0 Å². The first-order chi connectivity index (χ1) is 7.82. The molecule has 0 spiro atoms. The molecule has 0 saturated heterocycles. The highest BCUT2D eigenvalue weighted by molar-refractivity contribution is 5.82. The number of carboxylic acids is 1. The van der Waals surface area contributed by atoms with Gasteiger partial charge in [-0.3, -0.25) is 0 Å². The maximum absolute atomic E-state index is 11.4. The first-order valence-electron chi connectivity index (χ1n) is 5.73. The van der Waals surface area contributed by atoms with Crippen molar-refractivity contribution >= 4 is 12.0 Å². The van der Waals surface area contributed by atoms with Crippen molar-refractivity contribution in [3.63, 3.8) is 0 Å². The summed E-state index contributed by atoms with van der Waals surface area (Å²) in [5, 5.41) is 13.7. The Morgan fingerprint density at radius 3 is 2.35 bits per heavy atom. The molecule has 100 valence electrons. The third-order valence-corrected chi connectivity index (χ3v) is 2.22. The minimum absolute atomic E-state index is 0.322. The van der Waals surface area contributed by atoms with E-state index in [1.807, 2.05) is 20.8 Å². The van der Waals surface area contributed by atoms with Crippen molar-refractivity contribution in [3.05, 3.63) is 0 Å². The molecule has 0 heterocycles. The molecule has 0 aromatic rings. The van der Waals surface area contributed by atoms with Gasteiger partial charge in [0.2, 0.25) is 0 Å². The van der Waals surface area contributed by atoms with Crippen LogP contribution in [-0.2, 0) is 9.53 Å². The van der Waals surface area contributed by atoms with Crippen LogP contribution in [0.3, 0.4) is 0 Å². The van der Waals surface area contributed by atoms with Crippen molar-refractivity contribution in [1.29, 1.82) is 0 Å². The Bertz CT molecular complexity index is 266. The van der Waals surface area contributed by atoms with Crippen LogP contribution in [-0.4, -0.2) is 41.9 Å². The second-order valence-electron chi connectivity index (χ2n) is 4.32. The molecule has 17 heavy (non-hydrogen) atoms. The summed E-state index contributed by atoms with van der Waals surface area (Å²) in [5.74, 6) is -1.04. The highest BCUT2D eigenvalue weighted by Crippen LogP contribution is 2.06. The number of carbonyl (C=O) groups is 2. The zero-order chi connectivity index (χ0) is 13.5. The number of carboxylic acid groups (broad SMARTS) is 1. The summed E-state index contributed by atoms with van der Waals surface area (Å²) in [6, 6.07) is -1.35. The van der Waals surface area contributed by atoms with Crippen molar-refractivity contribution in [1.82, 2.24) is 10.6 Å². The van der Waals surface area contributed by atoms with Crippen LogP contribution in [0, 0.1) is 0 Å². The van der Waals surface area contributed by atoms with Gasteiger partial charge in [0.05, 0.1) is 5.60 Å². The molecule has 0 aliphatic rings. The minimum Gasteiger partial charge on any atom is -0.480 e. The van der Waals surface area contributed by atoms with Crippen LogP contribution in [0.5, 0.6) is 0 Å². The van der Waals surface area contributed by atoms with Crippen LogP contribution < -0.4 is 10.6 Å². The summed E-state index contributed by atoms with van der Waals surface area (Å²) in [4.78, 5) is 22.1. The van der Waals surface area contributed by atoms with Crippen LogP contribution in [0.2, 0.25) is 0 Å². The second kappa shape index (κ2) is 7.11. The Morgan fingerprint density at radius 2 is 1.94 bits per heavy atom. The topological polar surface area (TPSA) is 87.7 Å². The number of rotatable bonds is 7. The Labute approximate surface area is 102 Å². The van der Waals surface area contributed by atoms with Gasteiger partial charge in [0, 0.05) is 13.2 Å². The standard InChI is InChI=1S/C11H22N2O4/c1-5-8(9(14)15)13-10(16)12-7-11(3,4)17-6-2/h8H,5-7H2,1-4H3,(H,14,15)(H2,12,13,16). The lowest BCUT2D eigenvalue weighted by atomic mass is 10.1. The van der Waals surface area contributed by atoms with Crippen LogP contribution in [0.25, 0.3) is 0 Å². The molecule has 0 fully saturated rings. The lowest BCUT2D eigenvalue weighted by molar-refractivity contribution is -0.139.